The molecule has 0 N–H and O–H groups in total. The monoisotopic (exact) mass is 692 g/mol. The van der Waals surface area contributed by atoms with Crippen molar-refractivity contribution in [3.05, 3.63) is 0 Å². The average molecular weight is 692 g/mol. The van der Waals surface area contributed by atoms with E-state index in [2.05, 4.69) is 13.8 Å². The van der Waals surface area contributed by atoms with Crippen LogP contribution < -0.4 is 0 Å². The number of hydrogen-bond acceptors (Lipinski definition) is 5. The molecule has 0 atom stereocenters. The number of ketones is 1. The van der Waals surface area contributed by atoms with Gasteiger partial charge in [0.25, 0.3) is 0 Å². The van der Waals surface area contributed by atoms with Gasteiger partial charge in [-0.15, -0.1) is 0 Å². The van der Waals surface area contributed by atoms with Crippen molar-refractivity contribution < 1.29 is 23.9 Å². The topological polar surface area (TPSA) is 69.7 Å². The summed E-state index contributed by atoms with van der Waals surface area (Å²) < 4.78 is 11.2. The van der Waals surface area contributed by atoms with Crippen LogP contribution in [0, 0.1) is 23.2 Å². The van der Waals surface area contributed by atoms with Gasteiger partial charge in [-0.05, 0) is 80.0 Å². The quantitative estimate of drug-likeness (QED) is 0.0411. The minimum Gasteiger partial charge on any atom is -0.466 e. The number of hydrogen-bond donors (Lipinski definition) is 0. The van der Waals surface area contributed by atoms with Crippen LogP contribution in [0.2, 0.25) is 0 Å². The number of esters is 2. The van der Waals surface area contributed by atoms with Gasteiger partial charge in [-0.3, -0.25) is 14.4 Å². The lowest BCUT2D eigenvalue weighted by Crippen LogP contribution is -2.51. The average Bonchev–Trinajstić information content (AvgIpc) is 3.06. The third kappa shape index (κ3) is 16.8. The summed E-state index contributed by atoms with van der Waals surface area (Å²) in [5.41, 5.74) is -0.119. The summed E-state index contributed by atoms with van der Waals surface area (Å²) in [5, 5.41) is 0. The molecule has 4 bridgehead atoms. The molecule has 4 saturated carbocycles. The van der Waals surface area contributed by atoms with Crippen LogP contribution >= 0.6 is 0 Å². The van der Waals surface area contributed by atoms with Crippen molar-refractivity contribution in [2.45, 2.75) is 194 Å². The third-order valence-electron chi connectivity index (χ3n) is 11.7. The molecule has 0 spiro atoms. The molecule has 6 heteroatoms. The molecule has 278 valence electrons. The van der Waals surface area contributed by atoms with Crippen LogP contribution in [-0.4, -0.2) is 48.2 Å². The van der Waals surface area contributed by atoms with Crippen molar-refractivity contribution in [3.63, 3.8) is 0 Å². The van der Waals surface area contributed by atoms with Gasteiger partial charge in [0, 0.05) is 5.41 Å². The summed E-state index contributed by atoms with van der Waals surface area (Å²) in [6, 6.07) is 0. The standard InChI is InChI=1S/C42H75O5S/c1-3-5-7-9-11-13-15-17-19-21-25-46-40(44)23-27-48(35-39(43)42-32-36-29-37(33-42)31-38(30-36)34-42)28-24-41(45)47-26-22-20-18-16-14-12-10-8-6-4-2/h36-38H,3-35H2,1-2H3/q+1. The molecule has 0 radical (unpaired) electrons. The highest BCUT2D eigenvalue weighted by Gasteiger charge is 2.55. The molecule has 0 aromatic rings. The molecule has 4 fully saturated rings. The molecule has 0 aliphatic heterocycles. The van der Waals surface area contributed by atoms with E-state index in [4.69, 9.17) is 9.47 Å². The molecule has 4 rings (SSSR count). The minimum atomic E-state index is -0.292. The second-order valence-corrected chi connectivity index (χ2v) is 18.4. The van der Waals surface area contributed by atoms with E-state index in [0.717, 1.165) is 62.7 Å². The molecule has 4 aliphatic rings. The Labute approximate surface area is 298 Å². The van der Waals surface area contributed by atoms with Crippen LogP contribution in [0.1, 0.15) is 194 Å². The Morgan fingerprint density at radius 2 is 0.854 bits per heavy atom. The van der Waals surface area contributed by atoms with Gasteiger partial charge in [-0.1, -0.05) is 129 Å². The number of ether oxygens (including phenoxy) is 2. The highest BCUT2D eigenvalue weighted by atomic mass is 32.2. The molecule has 0 aromatic carbocycles. The predicted octanol–water partition coefficient (Wildman–Crippen LogP) is 11.1. The van der Waals surface area contributed by atoms with E-state index in [1.54, 1.807) is 0 Å². The maximum atomic E-state index is 13.9. The van der Waals surface area contributed by atoms with E-state index in [0.29, 0.717) is 49.1 Å². The van der Waals surface area contributed by atoms with E-state index in [1.165, 1.54) is 122 Å². The molecular weight excluding hydrogens is 617 g/mol. The van der Waals surface area contributed by atoms with Crippen molar-refractivity contribution in [2.75, 3.05) is 30.5 Å². The molecular formula is C42H75O5S+. The van der Waals surface area contributed by atoms with E-state index >= 15 is 0 Å². The Balaban J connectivity index is 1.32. The number of Topliss-reactive ketones (excluding diaryl/α,β-unsaturated/α-hetero) is 1. The first-order valence-corrected chi connectivity index (χ1v) is 22.7. The highest BCUT2D eigenvalue weighted by molar-refractivity contribution is 7.97. The van der Waals surface area contributed by atoms with Gasteiger partial charge in [0.05, 0.1) is 26.1 Å². The fourth-order valence-corrected chi connectivity index (χ4v) is 11.3. The smallest absolute Gasteiger partial charge is 0.310 e. The molecule has 48 heavy (non-hydrogen) atoms. The minimum absolute atomic E-state index is 0.119. The first kappa shape index (κ1) is 41.4. The highest BCUT2D eigenvalue weighted by Crippen LogP contribution is 2.60. The van der Waals surface area contributed by atoms with E-state index in [1.807, 2.05) is 0 Å². The molecule has 4 aliphatic carbocycles. The van der Waals surface area contributed by atoms with Crippen molar-refractivity contribution in [3.8, 4) is 0 Å². The molecule has 0 saturated heterocycles. The third-order valence-corrected chi connectivity index (χ3v) is 13.9. The van der Waals surface area contributed by atoms with Gasteiger partial charge in [0.15, 0.2) is 11.5 Å². The van der Waals surface area contributed by atoms with Crippen molar-refractivity contribution in [1.82, 2.24) is 0 Å². The first-order valence-electron chi connectivity index (χ1n) is 20.9. The molecule has 5 nitrogen and oxygen atoms in total. The predicted molar refractivity (Wildman–Crippen MR) is 202 cm³/mol. The van der Waals surface area contributed by atoms with E-state index in [9.17, 15) is 14.4 Å². The molecule has 0 amide bonds. The van der Waals surface area contributed by atoms with Crippen molar-refractivity contribution >= 4 is 28.6 Å². The SMILES string of the molecule is CCCCCCCCCCCCOC(=O)CC[S+](CCC(=O)OCCCCCCCCCCCC)CC(=O)C12CC3CC(CC(C3)C1)C2. The lowest BCUT2D eigenvalue weighted by Gasteiger charge is -2.55. The zero-order valence-electron chi connectivity index (χ0n) is 31.5. The zero-order chi connectivity index (χ0) is 34.3. The van der Waals surface area contributed by atoms with Gasteiger partial charge in [0.1, 0.15) is 11.5 Å². The summed E-state index contributed by atoms with van der Waals surface area (Å²) in [7, 11) is -0.292. The molecule has 0 unspecified atom stereocenters. The summed E-state index contributed by atoms with van der Waals surface area (Å²) in [6.45, 7) is 5.52. The van der Waals surface area contributed by atoms with Crippen LogP contribution in [0.25, 0.3) is 0 Å². The van der Waals surface area contributed by atoms with E-state index in [-0.39, 0.29) is 28.2 Å². The normalized spacial score (nSPS) is 22.8. The maximum absolute atomic E-state index is 13.9. The lowest BCUT2D eigenvalue weighted by atomic mass is 9.48. The molecule has 0 aromatic heterocycles. The fourth-order valence-electron chi connectivity index (χ4n) is 9.19. The van der Waals surface area contributed by atoms with Gasteiger partial charge in [0.2, 0.25) is 0 Å². The van der Waals surface area contributed by atoms with Crippen molar-refractivity contribution in [1.29, 1.82) is 0 Å². The van der Waals surface area contributed by atoms with Crippen LogP contribution in [0.15, 0.2) is 0 Å². The Morgan fingerprint density at radius 3 is 1.21 bits per heavy atom. The summed E-state index contributed by atoms with van der Waals surface area (Å²) in [6.07, 6.45) is 33.1. The van der Waals surface area contributed by atoms with Crippen LogP contribution in [-0.2, 0) is 34.8 Å². The van der Waals surface area contributed by atoms with Crippen LogP contribution in [0.4, 0.5) is 0 Å². The fraction of sp³-hybridized carbons (Fsp3) is 0.929. The lowest BCUT2D eigenvalue weighted by molar-refractivity contribution is -0.144. The van der Waals surface area contributed by atoms with Gasteiger partial charge in [-0.2, -0.15) is 0 Å². The summed E-state index contributed by atoms with van der Waals surface area (Å²) in [5.74, 6) is 4.20. The summed E-state index contributed by atoms with van der Waals surface area (Å²) in [4.78, 5) is 39.3. The Morgan fingerprint density at radius 1 is 0.521 bits per heavy atom. The number of carbonyl (C=O) groups excluding carboxylic acids is 3. The Kier molecular flexibility index (Phi) is 21.6. The Hall–Kier alpha value is -1.04. The first-order chi connectivity index (χ1) is 23.4. The number of unbranched alkanes of at least 4 members (excludes halogenated alkanes) is 18. The van der Waals surface area contributed by atoms with Crippen LogP contribution in [0.3, 0.4) is 0 Å². The molecule has 0 heterocycles. The summed E-state index contributed by atoms with van der Waals surface area (Å²) >= 11 is 0. The van der Waals surface area contributed by atoms with Gasteiger partial charge < -0.3 is 9.47 Å². The van der Waals surface area contributed by atoms with Crippen LogP contribution in [0.5, 0.6) is 0 Å². The number of carbonyl (C=O) groups is 3. The second-order valence-electron chi connectivity index (χ2n) is 16.1. The Bertz CT molecular complexity index is 810. The maximum Gasteiger partial charge on any atom is 0.310 e. The zero-order valence-corrected chi connectivity index (χ0v) is 32.3. The largest absolute Gasteiger partial charge is 0.466 e. The van der Waals surface area contributed by atoms with E-state index < -0.39 is 0 Å². The van der Waals surface area contributed by atoms with Gasteiger partial charge in [-0.25, -0.2) is 0 Å². The second kappa shape index (κ2) is 25.0. The van der Waals surface area contributed by atoms with Crippen molar-refractivity contribution in [2.24, 2.45) is 23.2 Å². The van der Waals surface area contributed by atoms with Gasteiger partial charge >= 0.3 is 11.9 Å². The number of rotatable bonds is 31.